The summed E-state index contributed by atoms with van der Waals surface area (Å²) in [6.07, 6.45) is 8.96. The summed E-state index contributed by atoms with van der Waals surface area (Å²) in [6.45, 7) is 12.7. The van der Waals surface area contributed by atoms with Crippen LogP contribution in [0.15, 0.2) is 72.8 Å². The van der Waals surface area contributed by atoms with Gasteiger partial charge in [-0.25, -0.2) is 0 Å². The van der Waals surface area contributed by atoms with Gasteiger partial charge < -0.3 is 9.47 Å². The number of fused-ring (bicyclic) bond motifs is 4. The lowest BCUT2D eigenvalue weighted by atomic mass is 9.84. The highest BCUT2D eigenvalue weighted by molar-refractivity contribution is 6.27. The van der Waals surface area contributed by atoms with Crippen molar-refractivity contribution < 1.29 is 19.1 Å². The first-order chi connectivity index (χ1) is 24.2. The third-order valence-electron chi connectivity index (χ3n) is 9.91. The maximum atomic E-state index is 13.3. The second kappa shape index (κ2) is 15.5. The predicted octanol–water partition coefficient (Wildman–Crippen LogP) is 13.0. The summed E-state index contributed by atoms with van der Waals surface area (Å²) in [5.74, 6) is 0.859. The molecule has 0 heterocycles. The fourth-order valence-corrected chi connectivity index (χ4v) is 7.31. The maximum Gasteiger partial charge on any atom is 0.311 e. The van der Waals surface area contributed by atoms with E-state index in [1.807, 2.05) is 0 Å². The van der Waals surface area contributed by atoms with Gasteiger partial charge in [-0.1, -0.05) is 135 Å². The van der Waals surface area contributed by atoms with Crippen LogP contribution in [0.4, 0.5) is 0 Å². The SMILES string of the molecule is CCCCCCC(=O)Oc1c2cc(C)ccc2c(-c2c3ccc(C)cc3c(OC(=O)CCCCCC)c3ccc(C)cc23)c2cc(C)ccc12. The summed E-state index contributed by atoms with van der Waals surface area (Å²) >= 11 is 0. The third-order valence-corrected chi connectivity index (χ3v) is 9.91. The second-order valence-corrected chi connectivity index (χ2v) is 14.2. The molecule has 6 aromatic carbocycles. The summed E-state index contributed by atoms with van der Waals surface area (Å²) in [5, 5.41) is 7.76. The molecule has 0 atom stereocenters. The molecule has 0 unspecified atom stereocenters. The Morgan fingerprint density at radius 1 is 0.420 bits per heavy atom. The van der Waals surface area contributed by atoms with E-state index in [1.165, 1.54) is 0 Å². The van der Waals surface area contributed by atoms with E-state index in [1.54, 1.807) is 0 Å². The van der Waals surface area contributed by atoms with Crippen molar-refractivity contribution in [3.8, 4) is 22.6 Å². The molecule has 258 valence electrons. The third kappa shape index (κ3) is 7.26. The number of aryl methyl sites for hydroxylation is 4. The molecule has 0 radical (unpaired) electrons. The van der Waals surface area contributed by atoms with Crippen LogP contribution < -0.4 is 9.47 Å². The van der Waals surface area contributed by atoms with E-state index < -0.39 is 0 Å². The molecule has 0 bridgehead atoms. The van der Waals surface area contributed by atoms with Crippen molar-refractivity contribution in [3.63, 3.8) is 0 Å². The topological polar surface area (TPSA) is 52.6 Å². The van der Waals surface area contributed by atoms with Crippen molar-refractivity contribution in [3.05, 3.63) is 95.1 Å². The van der Waals surface area contributed by atoms with Crippen LogP contribution in [0.1, 0.15) is 100 Å². The Balaban J connectivity index is 1.65. The van der Waals surface area contributed by atoms with E-state index in [2.05, 4.69) is 114 Å². The summed E-state index contributed by atoms with van der Waals surface area (Å²) in [5.41, 5.74) is 6.61. The molecule has 6 aromatic rings. The van der Waals surface area contributed by atoms with Gasteiger partial charge in [-0.05, 0) is 85.3 Å². The number of ether oxygens (including phenoxy) is 2. The highest BCUT2D eigenvalue weighted by Crippen LogP contribution is 2.50. The van der Waals surface area contributed by atoms with Gasteiger partial charge in [-0.3, -0.25) is 9.59 Å². The molecule has 6 rings (SSSR count). The Bertz CT molecular complexity index is 2070. The molecule has 4 nitrogen and oxygen atoms in total. The minimum Gasteiger partial charge on any atom is -0.425 e. The van der Waals surface area contributed by atoms with E-state index in [-0.39, 0.29) is 11.9 Å². The number of hydrogen-bond donors (Lipinski definition) is 0. The minimum absolute atomic E-state index is 0.193. The van der Waals surface area contributed by atoms with Crippen LogP contribution in [-0.2, 0) is 9.59 Å². The molecule has 0 aliphatic heterocycles. The van der Waals surface area contributed by atoms with Crippen LogP contribution in [0, 0.1) is 27.7 Å². The standard InChI is InChI=1S/C46H50O4/c1-7-9-11-13-15-41(47)49-45-35-23-19-29(3)25-37(35)43(33-21-17-31(5)27-39(33)45)44-34-22-18-32(6)28-40(34)46(36-24-20-30(4)26-38(36)44)50-42(48)16-14-12-10-8-2/h17-28H,7-16H2,1-6H3. The van der Waals surface area contributed by atoms with Crippen LogP contribution in [0.3, 0.4) is 0 Å². The molecule has 0 saturated heterocycles. The van der Waals surface area contributed by atoms with Crippen LogP contribution in [0.5, 0.6) is 11.5 Å². The Labute approximate surface area is 296 Å². The van der Waals surface area contributed by atoms with Crippen molar-refractivity contribution in [2.24, 2.45) is 0 Å². The fraction of sp³-hybridized carbons (Fsp3) is 0.348. The Kier molecular flexibility index (Phi) is 10.9. The van der Waals surface area contributed by atoms with Crippen LogP contribution in [0.25, 0.3) is 54.2 Å². The summed E-state index contributed by atoms with van der Waals surface area (Å²) in [6, 6.07) is 25.7. The van der Waals surface area contributed by atoms with Crippen molar-refractivity contribution in [2.75, 3.05) is 0 Å². The second-order valence-electron chi connectivity index (χ2n) is 14.2. The van der Waals surface area contributed by atoms with E-state index in [0.29, 0.717) is 24.3 Å². The molecular formula is C46H50O4. The Morgan fingerprint density at radius 3 is 1.12 bits per heavy atom. The first-order valence-electron chi connectivity index (χ1n) is 18.5. The molecule has 0 amide bonds. The zero-order valence-electron chi connectivity index (χ0n) is 30.6. The zero-order chi connectivity index (χ0) is 35.4. The number of esters is 2. The van der Waals surface area contributed by atoms with Gasteiger partial charge in [0.1, 0.15) is 11.5 Å². The monoisotopic (exact) mass is 666 g/mol. The molecule has 50 heavy (non-hydrogen) atoms. The number of unbranched alkanes of at least 4 members (excludes halogenated alkanes) is 6. The van der Waals surface area contributed by atoms with Gasteiger partial charge in [0.05, 0.1) is 0 Å². The largest absolute Gasteiger partial charge is 0.425 e. The molecule has 0 aromatic heterocycles. The van der Waals surface area contributed by atoms with Gasteiger partial charge in [0, 0.05) is 34.4 Å². The highest BCUT2D eigenvalue weighted by Gasteiger charge is 2.25. The normalized spacial score (nSPS) is 11.6. The molecule has 4 heteroatoms. The molecular weight excluding hydrogens is 617 g/mol. The number of carbonyl (C=O) groups excluding carboxylic acids is 2. The molecule has 0 spiro atoms. The van der Waals surface area contributed by atoms with Gasteiger partial charge >= 0.3 is 11.9 Å². The van der Waals surface area contributed by atoms with Crippen molar-refractivity contribution in [1.29, 1.82) is 0 Å². The molecule has 0 saturated carbocycles. The van der Waals surface area contributed by atoms with E-state index in [4.69, 9.17) is 9.47 Å². The van der Waals surface area contributed by atoms with E-state index in [0.717, 1.165) is 128 Å². The highest BCUT2D eigenvalue weighted by atomic mass is 16.5. The fourth-order valence-electron chi connectivity index (χ4n) is 7.31. The van der Waals surface area contributed by atoms with Gasteiger partial charge in [-0.15, -0.1) is 0 Å². The van der Waals surface area contributed by atoms with Gasteiger partial charge in [0.15, 0.2) is 0 Å². The lowest BCUT2D eigenvalue weighted by Crippen LogP contribution is -2.09. The van der Waals surface area contributed by atoms with Crippen molar-refractivity contribution in [1.82, 2.24) is 0 Å². The molecule has 0 fully saturated rings. The van der Waals surface area contributed by atoms with E-state index >= 15 is 0 Å². The van der Waals surface area contributed by atoms with Gasteiger partial charge in [0.2, 0.25) is 0 Å². The first kappa shape index (κ1) is 35.1. The lowest BCUT2D eigenvalue weighted by molar-refractivity contribution is -0.135. The Hall–Kier alpha value is -4.70. The molecule has 0 aliphatic rings. The smallest absolute Gasteiger partial charge is 0.311 e. The van der Waals surface area contributed by atoms with Crippen LogP contribution in [-0.4, -0.2) is 11.9 Å². The van der Waals surface area contributed by atoms with Crippen LogP contribution >= 0.6 is 0 Å². The summed E-state index contributed by atoms with van der Waals surface area (Å²) in [7, 11) is 0. The van der Waals surface area contributed by atoms with Gasteiger partial charge in [-0.2, -0.15) is 0 Å². The zero-order valence-corrected chi connectivity index (χ0v) is 30.6. The maximum absolute atomic E-state index is 13.3. The Morgan fingerprint density at radius 2 is 0.760 bits per heavy atom. The quantitative estimate of drug-likeness (QED) is 0.0533. The van der Waals surface area contributed by atoms with Crippen LogP contribution in [0.2, 0.25) is 0 Å². The summed E-state index contributed by atoms with van der Waals surface area (Å²) < 4.78 is 12.7. The van der Waals surface area contributed by atoms with E-state index in [9.17, 15) is 9.59 Å². The predicted molar refractivity (Wildman–Crippen MR) is 210 cm³/mol. The van der Waals surface area contributed by atoms with Gasteiger partial charge in [0.25, 0.3) is 0 Å². The first-order valence-corrected chi connectivity index (χ1v) is 18.5. The average Bonchev–Trinajstić information content (AvgIpc) is 3.09. The number of benzene rings is 6. The molecule has 0 aliphatic carbocycles. The minimum atomic E-state index is -0.193. The van der Waals surface area contributed by atoms with Crippen molar-refractivity contribution >= 4 is 55.0 Å². The number of carbonyl (C=O) groups is 2. The number of rotatable bonds is 13. The molecule has 0 N–H and O–H groups in total. The average molecular weight is 667 g/mol. The number of hydrogen-bond acceptors (Lipinski definition) is 4. The summed E-state index contributed by atoms with van der Waals surface area (Å²) in [4.78, 5) is 26.7. The van der Waals surface area contributed by atoms with Crippen molar-refractivity contribution in [2.45, 2.75) is 106 Å². The lowest BCUT2D eigenvalue weighted by Gasteiger charge is -2.22.